The molecule has 1 amide bonds. The van der Waals surface area contributed by atoms with Gasteiger partial charge in [-0.25, -0.2) is 0 Å². The van der Waals surface area contributed by atoms with Crippen molar-refractivity contribution < 1.29 is 9.53 Å². The third-order valence-electron chi connectivity index (χ3n) is 4.48. The molecule has 1 aromatic heterocycles. The van der Waals surface area contributed by atoms with Crippen LogP contribution in [0.4, 0.5) is 0 Å². The summed E-state index contributed by atoms with van der Waals surface area (Å²) in [7, 11) is 1.66. The highest BCUT2D eigenvalue weighted by molar-refractivity contribution is 5.72. The summed E-state index contributed by atoms with van der Waals surface area (Å²) in [6, 6.07) is 2.06. The van der Waals surface area contributed by atoms with Gasteiger partial charge in [-0.3, -0.25) is 9.78 Å². The Bertz CT molecular complexity index is 485. The summed E-state index contributed by atoms with van der Waals surface area (Å²) >= 11 is 0. The van der Waals surface area contributed by atoms with Crippen LogP contribution in [0.5, 0.6) is 5.75 Å². The van der Waals surface area contributed by atoms with Crippen molar-refractivity contribution in [3.63, 3.8) is 0 Å². The molecule has 2 heterocycles. The van der Waals surface area contributed by atoms with Crippen molar-refractivity contribution in [2.75, 3.05) is 26.7 Å². The van der Waals surface area contributed by atoms with Crippen LogP contribution in [0, 0.1) is 11.8 Å². The minimum Gasteiger partial charge on any atom is -0.495 e. The minimum absolute atomic E-state index is 0.0444. The Morgan fingerprint density at radius 1 is 1.45 bits per heavy atom. The van der Waals surface area contributed by atoms with Crippen LogP contribution >= 0.6 is 0 Å². The van der Waals surface area contributed by atoms with Crippen LogP contribution in [0.15, 0.2) is 18.5 Å². The molecule has 1 aliphatic carbocycles. The van der Waals surface area contributed by atoms with E-state index in [2.05, 4.69) is 28.6 Å². The quantitative estimate of drug-likeness (QED) is 0.873. The Balaban J connectivity index is 0.000000381. The lowest BCUT2D eigenvalue weighted by atomic mass is 10.1. The van der Waals surface area contributed by atoms with Crippen molar-refractivity contribution in [2.45, 2.75) is 32.6 Å². The molecule has 2 fully saturated rings. The van der Waals surface area contributed by atoms with Crippen molar-refractivity contribution in [3.8, 4) is 5.75 Å². The number of ether oxygens (including phenoxy) is 1. The second-order valence-corrected chi connectivity index (χ2v) is 6.08. The Labute approximate surface area is 132 Å². The van der Waals surface area contributed by atoms with Crippen LogP contribution in [-0.2, 0) is 4.79 Å². The van der Waals surface area contributed by atoms with Gasteiger partial charge >= 0.3 is 0 Å². The summed E-state index contributed by atoms with van der Waals surface area (Å²) in [4.78, 5) is 15.0. The number of amides is 1. The molecule has 0 radical (unpaired) electrons. The molecule has 1 saturated heterocycles. The molecule has 0 bridgehead atoms. The standard InChI is InChI=1S/C14H20N2O2.C3H7N/c1-9-13(4-5-16-10(2)17)14(9)11-6-12(18-3)8-15-7-11;1-2-4-3-1/h6-9,13-14H,4-5H2,1-3H3,(H,16,17);4H,1-3H2. The van der Waals surface area contributed by atoms with Crippen LogP contribution in [0.1, 0.15) is 38.2 Å². The zero-order valence-electron chi connectivity index (χ0n) is 13.8. The number of pyridine rings is 1. The fourth-order valence-electron chi connectivity index (χ4n) is 2.86. The maximum atomic E-state index is 10.8. The van der Waals surface area contributed by atoms with Gasteiger partial charge in [0.2, 0.25) is 5.91 Å². The predicted octanol–water partition coefficient (Wildman–Crippen LogP) is 1.95. The average molecular weight is 305 g/mol. The Kier molecular flexibility index (Phi) is 6.19. The van der Waals surface area contributed by atoms with Crippen LogP contribution in [0.3, 0.4) is 0 Å². The first kappa shape index (κ1) is 16.7. The van der Waals surface area contributed by atoms with E-state index >= 15 is 0 Å². The number of carbonyl (C=O) groups is 1. The molecule has 1 saturated carbocycles. The molecule has 122 valence electrons. The van der Waals surface area contributed by atoms with E-state index < -0.39 is 0 Å². The summed E-state index contributed by atoms with van der Waals surface area (Å²) in [6.07, 6.45) is 6.06. The van der Waals surface area contributed by atoms with Gasteiger partial charge in [0.05, 0.1) is 13.3 Å². The number of aromatic nitrogens is 1. The van der Waals surface area contributed by atoms with Crippen LogP contribution in [0.2, 0.25) is 0 Å². The lowest BCUT2D eigenvalue weighted by Gasteiger charge is -2.09. The fourth-order valence-corrected chi connectivity index (χ4v) is 2.86. The maximum absolute atomic E-state index is 10.8. The minimum atomic E-state index is 0.0444. The lowest BCUT2D eigenvalue weighted by molar-refractivity contribution is -0.118. The summed E-state index contributed by atoms with van der Waals surface area (Å²) in [6.45, 7) is 7.07. The van der Waals surface area contributed by atoms with Crippen molar-refractivity contribution in [1.82, 2.24) is 15.6 Å². The molecule has 2 aliphatic rings. The number of rotatable bonds is 5. The summed E-state index contributed by atoms with van der Waals surface area (Å²) < 4.78 is 5.20. The first-order valence-electron chi connectivity index (χ1n) is 8.07. The number of methoxy groups -OCH3 is 1. The van der Waals surface area contributed by atoms with Gasteiger partial charge in [0.15, 0.2) is 0 Å². The third kappa shape index (κ3) is 4.70. The van der Waals surface area contributed by atoms with Gasteiger partial charge < -0.3 is 15.4 Å². The van der Waals surface area contributed by atoms with Crippen LogP contribution in [-0.4, -0.2) is 37.6 Å². The smallest absolute Gasteiger partial charge is 0.216 e. The van der Waals surface area contributed by atoms with Gasteiger partial charge in [-0.2, -0.15) is 0 Å². The summed E-state index contributed by atoms with van der Waals surface area (Å²) in [5.74, 6) is 2.72. The molecule has 0 spiro atoms. The Morgan fingerprint density at radius 3 is 2.68 bits per heavy atom. The van der Waals surface area contributed by atoms with E-state index in [1.165, 1.54) is 25.1 Å². The first-order valence-corrected chi connectivity index (χ1v) is 8.07. The number of nitrogens with one attached hydrogen (secondary N) is 2. The topological polar surface area (TPSA) is 63.2 Å². The highest BCUT2D eigenvalue weighted by atomic mass is 16.5. The van der Waals surface area contributed by atoms with Crippen LogP contribution < -0.4 is 15.4 Å². The second kappa shape index (κ2) is 8.13. The molecule has 0 aromatic carbocycles. The number of hydrogen-bond donors (Lipinski definition) is 2. The largest absolute Gasteiger partial charge is 0.495 e. The van der Waals surface area contributed by atoms with E-state index in [-0.39, 0.29) is 5.91 Å². The molecule has 5 heteroatoms. The predicted molar refractivity (Wildman–Crippen MR) is 87.0 cm³/mol. The number of carbonyl (C=O) groups excluding carboxylic acids is 1. The Hall–Kier alpha value is -1.62. The van der Waals surface area contributed by atoms with Gasteiger partial charge in [0.25, 0.3) is 0 Å². The summed E-state index contributed by atoms with van der Waals surface area (Å²) in [5, 5.41) is 5.96. The zero-order valence-corrected chi connectivity index (χ0v) is 13.8. The van der Waals surface area contributed by atoms with E-state index in [0.717, 1.165) is 18.7 Å². The lowest BCUT2D eigenvalue weighted by Crippen LogP contribution is -2.29. The van der Waals surface area contributed by atoms with E-state index in [1.807, 2.05) is 6.20 Å². The SMILES string of the molecule is C1CNC1.COc1cncc(C2C(C)C2CCNC(C)=O)c1. The monoisotopic (exact) mass is 305 g/mol. The molecule has 1 aromatic rings. The molecular weight excluding hydrogens is 278 g/mol. The molecule has 5 nitrogen and oxygen atoms in total. The summed E-state index contributed by atoms with van der Waals surface area (Å²) in [5.41, 5.74) is 1.25. The number of nitrogens with zero attached hydrogens (tertiary/aromatic N) is 1. The zero-order chi connectivity index (χ0) is 15.9. The van der Waals surface area contributed by atoms with E-state index in [4.69, 9.17) is 4.74 Å². The molecular formula is C17H27N3O2. The van der Waals surface area contributed by atoms with E-state index in [1.54, 1.807) is 20.2 Å². The average Bonchev–Trinajstić information content (AvgIpc) is 3.07. The molecule has 3 unspecified atom stereocenters. The van der Waals surface area contributed by atoms with Crippen molar-refractivity contribution in [3.05, 3.63) is 24.0 Å². The maximum Gasteiger partial charge on any atom is 0.216 e. The van der Waals surface area contributed by atoms with Gasteiger partial charge in [-0.1, -0.05) is 6.92 Å². The molecule has 22 heavy (non-hydrogen) atoms. The molecule has 1 aliphatic heterocycles. The molecule has 3 atom stereocenters. The van der Waals surface area contributed by atoms with Crippen molar-refractivity contribution in [2.24, 2.45) is 11.8 Å². The third-order valence-corrected chi connectivity index (χ3v) is 4.48. The van der Waals surface area contributed by atoms with Gasteiger partial charge in [-0.05, 0) is 55.3 Å². The Morgan fingerprint density at radius 2 is 2.14 bits per heavy atom. The van der Waals surface area contributed by atoms with Crippen LogP contribution in [0.25, 0.3) is 0 Å². The highest BCUT2D eigenvalue weighted by Crippen LogP contribution is 2.55. The first-order chi connectivity index (χ1) is 10.6. The number of hydrogen-bond acceptors (Lipinski definition) is 4. The highest BCUT2D eigenvalue weighted by Gasteiger charge is 2.46. The van der Waals surface area contributed by atoms with Gasteiger partial charge in [0.1, 0.15) is 5.75 Å². The van der Waals surface area contributed by atoms with E-state index in [9.17, 15) is 4.79 Å². The van der Waals surface area contributed by atoms with Crippen molar-refractivity contribution in [1.29, 1.82) is 0 Å². The fraction of sp³-hybridized carbons (Fsp3) is 0.647. The molecule has 3 rings (SSSR count). The second-order valence-electron chi connectivity index (χ2n) is 6.08. The normalized spacial score (nSPS) is 25.3. The molecule has 2 N–H and O–H groups in total. The van der Waals surface area contributed by atoms with Gasteiger partial charge in [0, 0.05) is 19.7 Å². The van der Waals surface area contributed by atoms with Gasteiger partial charge in [-0.15, -0.1) is 0 Å². The van der Waals surface area contributed by atoms with Crippen molar-refractivity contribution >= 4 is 5.91 Å². The van der Waals surface area contributed by atoms with E-state index in [0.29, 0.717) is 17.8 Å².